The molecule has 0 amide bonds. The minimum Gasteiger partial charge on any atom is -0.211 e. The molecule has 0 aromatic heterocycles. The van der Waals surface area contributed by atoms with E-state index in [0.29, 0.717) is 24.6 Å². The minimum absolute atomic E-state index is 0.281. The number of fused-ring (bicyclic) bond motifs is 1. The molecule has 23 heavy (non-hydrogen) atoms. The third kappa shape index (κ3) is 3.41. The number of nitrogens with zero attached hydrogens (tertiary/aromatic N) is 2. The molecule has 0 aliphatic carbocycles. The summed E-state index contributed by atoms with van der Waals surface area (Å²) in [6, 6.07) is 12.7. The fraction of sp³-hybridized carbons (Fsp3) is 0.294. The van der Waals surface area contributed by atoms with Crippen LogP contribution in [-0.2, 0) is 10.0 Å². The number of hydrogen-bond acceptors (Lipinski definition) is 4. The molecule has 1 heterocycles. The largest absolute Gasteiger partial charge is 0.241 e. The molecule has 3 rings (SSSR count). The lowest BCUT2D eigenvalue weighted by Crippen LogP contribution is -2.28. The number of benzene rings is 2. The molecule has 118 valence electrons. The van der Waals surface area contributed by atoms with E-state index in [4.69, 9.17) is 6.42 Å². The zero-order valence-electron chi connectivity index (χ0n) is 12.6. The van der Waals surface area contributed by atoms with Crippen molar-refractivity contribution >= 4 is 20.8 Å². The van der Waals surface area contributed by atoms with Crippen molar-refractivity contribution in [2.75, 3.05) is 6.54 Å². The van der Waals surface area contributed by atoms with E-state index in [9.17, 15) is 8.42 Å². The molecule has 0 radical (unpaired) electrons. The van der Waals surface area contributed by atoms with Crippen molar-refractivity contribution in [1.82, 2.24) is 4.72 Å². The van der Waals surface area contributed by atoms with Gasteiger partial charge in [-0.25, -0.2) is 13.1 Å². The maximum atomic E-state index is 12.6. The van der Waals surface area contributed by atoms with Crippen molar-refractivity contribution < 1.29 is 8.42 Å². The molecule has 0 unspecified atom stereocenters. The molecular weight excluding hydrogens is 310 g/mol. The van der Waals surface area contributed by atoms with E-state index >= 15 is 0 Å². The van der Waals surface area contributed by atoms with Crippen LogP contribution in [-0.4, -0.2) is 20.6 Å². The lowest BCUT2D eigenvalue weighted by atomic mass is 10.1. The highest BCUT2D eigenvalue weighted by atomic mass is 32.2. The van der Waals surface area contributed by atoms with Crippen molar-refractivity contribution in [3.8, 4) is 12.3 Å². The first-order valence-corrected chi connectivity index (χ1v) is 8.90. The molecule has 2 aromatic carbocycles. The molecule has 0 bridgehead atoms. The molecule has 1 aliphatic rings. The van der Waals surface area contributed by atoms with Crippen LogP contribution < -0.4 is 4.72 Å². The van der Waals surface area contributed by atoms with Crippen LogP contribution in [0.3, 0.4) is 0 Å². The van der Waals surface area contributed by atoms with Crippen molar-refractivity contribution in [2.24, 2.45) is 10.2 Å². The molecule has 0 atom stereocenters. The quantitative estimate of drug-likeness (QED) is 0.794. The zero-order valence-corrected chi connectivity index (χ0v) is 13.4. The van der Waals surface area contributed by atoms with Gasteiger partial charge in [0.2, 0.25) is 10.0 Å². The summed E-state index contributed by atoms with van der Waals surface area (Å²) in [7, 11) is -3.58. The van der Waals surface area contributed by atoms with Gasteiger partial charge in [-0.3, -0.25) is 0 Å². The van der Waals surface area contributed by atoms with Gasteiger partial charge in [-0.1, -0.05) is 36.4 Å². The summed E-state index contributed by atoms with van der Waals surface area (Å²) in [5.74, 6) is 2.56. The van der Waals surface area contributed by atoms with E-state index in [1.54, 1.807) is 12.1 Å². The summed E-state index contributed by atoms with van der Waals surface area (Å²) >= 11 is 0. The fourth-order valence-corrected chi connectivity index (χ4v) is 3.82. The Morgan fingerprint density at radius 2 is 1.83 bits per heavy atom. The average molecular weight is 327 g/mol. The first kappa shape index (κ1) is 15.7. The normalized spacial score (nSPS) is 15.4. The maximum absolute atomic E-state index is 12.6. The molecule has 0 saturated heterocycles. The first-order chi connectivity index (χ1) is 11.1. The van der Waals surface area contributed by atoms with Gasteiger partial charge in [0.15, 0.2) is 5.66 Å². The molecular formula is C17H17N3O2S. The molecule has 1 N–H and O–H groups in total. The van der Waals surface area contributed by atoms with E-state index < -0.39 is 15.7 Å². The minimum atomic E-state index is -3.58. The van der Waals surface area contributed by atoms with Crippen LogP contribution in [0.25, 0.3) is 10.8 Å². The predicted molar refractivity (Wildman–Crippen MR) is 89.4 cm³/mol. The van der Waals surface area contributed by atoms with Gasteiger partial charge in [0, 0.05) is 31.2 Å². The smallest absolute Gasteiger partial charge is 0.211 e. The summed E-state index contributed by atoms with van der Waals surface area (Å²) in [6.45, 7) is 0.281. The summed E-state index contributed by atoms with van der Waals surface area (Å²) in [5.41, 5.74) is -0.479. The summed E-state index contributed by atoms with van der Waals surface area (Å²) in [5, 5.41) is 9.63. The Bertz CT molecular complexity index is 886. The molecule has 0 fully saturated rings. The summed E-state index contributed by atoms with van der Waals surface area (Å²) < 4.78 is 27.8. The standard InChI is InChI=1S/C17H17N3O2S/c1-2-3-11-17(19-20-17)12-13-18-23(21,22)16-10-6-8-14-7-4-5-9-15(14)16/h1,4-10,18H,3,11-13H2. The van der Waals surface area contributed by atoms with Gasteiger partial charge in [0.1, 0.15) is 0 Å². The van der Waals surface area contributed by atoms with E-state index in [2.05, 4.69) is 20.9 Å². The second-order valence-corrected chi connectivity index (χ2v) is 7.25. The second-order valence-electron chi connectivity index (χ2n) is 5.51. The third-order valence-electron chi connectivity index (χ3n) is 3.91. The molecule has 0 spiro atoms. The first-order valence-electron chi connectivity index (χ1n) is 7.41. The third-order valence-corrected chi connectivity index (χ3v) is 5.43. The van der Waals surface area contributed by atoms with Gasteiger partial charge in [-0.2, -0.15) is 10.2 Å². The van der Waals surface area contributed by atoms with Crippen LogP contribution in [0.2, 0.25) is 0 Å². The van der Waals surface area contributed by atoms with E-state index in [1.165, 1.54) is 0 Å². The molecule has 1 aliphatic heterocycles. The van der Waals surface area contributed by atoms with Gasteiger partial charge in [0.05, 0.1) is 4.90 Å². The van der Waals surface area contributed by atoms with Gasteiger partial charge in [-0.15, -0.1) is 12.3 Å². The Morgan fingerprint density at radius 1 is 1.09 bits per heavy atom. The number of terminal acetylenes is 1. The number of rotatable bonds is 7. The van der Waals surface area contributed by atoms with Crippen LogP contribution in [0, 0.1) is 12.3 Å². The molecule has 6 heteroatoms. The Morgan fingerprint density at radius 3 is 2.57 bits per heavy atom. The van der Waals surface area contributed by atoms with Gasteiger partial charge in [0.25, 0.3) is 0 Å². The maximum Gasteiger partial charge on any atom is 0.241 e. The van der Waals surface area contributed by atoms with E-state index in [-0.39, 0.29) is 11.4 Å². The van der Waals surface area contributed by atoms with Gasteiger partial charge >= 0.3 is 0 Å². The Labute approximate surface area is 135 Å². The highest BCUT2D eigenvalue weighted by molar-refractivity contribution is 7.89. The predicted octanol–water partition coefficient (Wildman–Crippen LogP) is 3.08. The SMILES string of the molecule is C#CCCC1(CCNS(=O)(=O)c2cccc3ccccc23)N=N1. The average Bonchev–Trinajstić information content (AvgIpc) is 3.32. The lowest BCUT2D eigenvalue weighted by Gasteiger charge is -2.12. The van der Waals surface area contributed by atoms with Gasteiger partial charge in [-0.05, 0) is 11.5 Å². The molecule has 5 nitrogen and oxygen atoms in total. The Hall–Kier alpha value is -2.23. The second kappa shape index (κ2) is 6.11. The fourth-order valence-electron chi connectivity index (χ4n) is 2.56. The zero-order chi connectivity index (χ0) is 16.3. The number of hydrogen-bond donors (Lipinski definition) is 1. The highest BCUT2D eigenvalue weighted by Gasteiger charge is 2.38. The summed E-state index contributed by atoms with van der Waals surface area (Å²) in [4.78, 5) is 0.290. The lowest BCUT2D eigenvalue weighted by molar-refractivity contribution is 0.505. The van der Waals surface area contributed by atoms with E-state index in [1.807, 2.05) is 30.3 Å². The van der Waals surface area contributed by atoms with Crippen LogP contribution in [0.15, 0.2) is 57.6 Å². The Balaban J connectivity index is 1.71. The van der Waals surface area contributed by atoms with Crippen molar-refractivity contribution in [3.05, 3.63) is 42.5 Å². The number of nitrogens with one attached hydrogen (secondary N) is 1. The topological polar surface area (TPSA) is 70.9 Å². The van der Waals surface area contributed by atoms with Crippen LogP contribution in [0.4, 0.5) is 0 Å². The molecule has 2 aromatic rings. The van der Waals surface area contributed by atoms with Gasteiger partial charge < -0.3 is 0 Å². The summed E-state index contributed by atoms with van der Waals surface area (Å²) in [6.07, 6.45) is 7.02. The number of sulfonamides is 1. The van der Waals surface area contributed by atoms with E-state index in [0.717, 1.165) is 5.39 Å². The van der Waals surface area contributed by atoms with Crippen molar-refractivity contribution in [1.29, 1.82) is 0 Å². The van der Waals surface area contributed by atoms with Crippen molar-refractivity contribution in [2.45, 2.75) is 29.8 Å². The molecule has 0 saturated carbocycles. The Kier molecular flexibility index (Phi) is 4.16. The van der Waals surface area contributed by atoms with Crippen LogP contribution in [0.1, 0.15) is 19.3 Å². The monoisotopic (exact) mass is 327 g/mol. The van der Waals surface area contributed by atoms with Crippen LogP contribution in [0.5, 0.6) is 0 Å². The van der Waals surface area contributed by atoms with Crippen LogP contribution >= 0.6 is 0 Å². The highest BCUT2D eigenvalue weighted by Crippen LogP contribution is 2.36. The van der Waals surface area contributed by atoms with Crippen molar-refractivity contribution in [3.63, 3.8) is 0 Å².